The van der Waals surface area contributed by atoms with E-state index in [-0.39, 0.29) is 0 Å². The van der Waals surface area contributed by atoms with E-state index in [4.69, 9.17) is 27.9 Å². The average molecular weight is 366 g/mol. The van der Waals surface area contributed by atoms with Crippen molar-refractivity contribution in [3.63, 3.8) is 0 Å². The molecule has 4 heteroatoms. The highest BCUT2D eigenvalue weighted by atomic mass is 35.5. The van der Waals surface area contributed by atoms with E-state index in [0.717, 1.165) is 34.5 Å². The molecule has 0 aliphatic rings. The number of ether oxygens (including phenoxy) is 1. The van der Waals surface area contributed by atoms with Crippen LogP contribution in [0.5, 0.6) is 5.75 Å². The van der Waals surface area contributed by atoms with Gasteiger partial charge in [0.15, 0.2) is 0 Å². The molecular weight excluding hydrogens is 341 g/mol. The predicted molar refractivity (Wildman–Crippen MR) is 104 cm³/mol. The smallest absolute Gasteiger partial charge is 0.119 e. The minimum atomic E-state index is 0.484. The summed E-state index contributed by atoms with van der Waals surface area (Å²) < 4.78 is 5.89. The first-order valence-electron chi connectivity index (χ1n) is 8.15. The Bertz CT molecular complexity index is 641. The van der Waals surface area contributed by atoms with E-state index in [2.05, 4.69) is 44.1 Å². The summed E-state index contributed by atoms with van der Waals surface area (Å²) in [6.45, 7) is 3.92. The number of hydrogen-bond donors (Lipinski definition) is 0. The molecule has 0 saturated carbocycles. The maximum absolute atomic E-state index is 6.07. The lowest BCUT2D eigenvalue weighted by Gasteiger charge is -2.17. The van der Waals surface area contributed by atoms with E-state index >= 15 is 0 Å². The molecule has 0 saturated heterocycles. The zero-order chi connectivity index (χ0) is 17.5. The van der Waals surface area contributed by atoms with Crippen molar-refractivity contribution >= 4 is 23.2 Å². The Hall–Kier alpha value is -1.22. The number of alkyl halides is 2. The van der Waals surface area contributed by atoms with Crippen LogP contribution >= 0.6 is 23.2 Å². The van der Waals surface area contributed by atoms with Gasteiger partial charge < -0.3 is 9.64 Å². The molecular formula is C20H25Cl2NO. The topological polar surface area (TPSA) is 12.5 Å². The van der Waals surface area contributed by atoms with Crippen LogP contribution in [0, 0.1) is 5.92 Å². The molecule has 0 aliphatic heterocycles. The van der Waals surface area contributed by atoms with Crippen LogP contribution in [0.4, 0.5) is 0 Å². The van der Waals surface area contributed by atoms with E-state index in [9.17, 15) is 0 Å². The van der Waals surface area contributed by atoms with Gasteiger partial charge in [0.25, 0.3) is 0 Å². The number of hydrogen-bond acceptors (Lipinski definition) is 2. The van der Waals surface area contributed by atoms with E-state index in [0.29, 0.717) is 24.3 Å². The number of rotatable bonds is 8. The van der Waals surface area contributed by atoms with Gasteiger partial charge in [0.05, 0.1) is 6.61 Å². The first-order chi connectivity index (χ1) is 11.5. The van der Waals surface area contributed by atoms with Crippen molar-refractivity contribution in [3.05, 3.63) is 53.6 Å². The second kappa shape index (κ2) is 9.31. The molecule has 2 rings (SSSR count). The monoisotopic (exact) mass is 365 g/mol. The van der Waals surface area contributed by atoms with Crippen molar-refractivity contribution in [2.45, 2.75) is 18.7 Å². The molecule has 0 fully saturated rings. The zero-order valence-electron chi connectivity index (χ0n) is 14.6. The van der Waals surface area contributed by atoms with Crippen LogP contribution in [-0.4, -0.2) is 32.1 Å². The van der Waals surface area contributed by atoms with Gasteiger partial charge in [-0.1, -0.05) is 31.2 Å². The maximum Gasteiger partial charge on any atom is 0.119 e. The molecule has 0 radical (unpaired) electrons. The van der Waals surface area contributed by atoms with Gasteiger partial charge in [-0.15, -0.1) is 23.2 Å². The highest BCUT2D eigenvalue weighted by Gasteiger charge is 2.08. The SMILES string of the molecule is CC(COc1ccc(-c2cc(CCl)ccc2CCl)cc1)CN(C)C. The molecule has 0 heterocycles. The fourth-order valence-electron chi connectivity index (χ4n) is 2.74. The minimum absolute atomic E-state index is 0.484. The van der Waals surface area contributed by atoms with Crippen molar-refractivity contribution in [3.8, 4) is 16.9 Å². The second-order valence-corrected chi connectivity index (χ2v) is 7.00. The molecule has 0 amide bonds. The Morgan fingerprint density at radius 2 is 1.71 bits per heavy atom. The summed E-state index contributed by atoms with van der Waals surface area (Å²) in [6.07, 6.45) is 0. The Balaban J connectivity index is 2.09. The Labute approximate surface area is 155 Å². The Kier molecular flexibility index (Phi) is 7.41. The molecule has 2 aromatic rings. The minimum Gasteiger partial charge on any atom is -0.493 e. The maximum atomic E-state index is 6.07. The summed E-state index contributed by atoms with van der Waals surface area (Å²) in [4.78, 5) is 2.18. The number of halogens is 2. The van der Waals surface area contributed by atoms with Gasteiger partial charge in [0.2, 0.25) is 0 Å². The van der Waals surface area contributed by atoms with Crippen molar-refractivity contribution in [1.29, 1.82) is 0 Å². The van der Waals surface area contributed by atoms with Crippen LogP contribution in [0.2, 0.25) is 0 Å². The summed E-state index contributed by atoms with van der Waals surface area (Å²) in [7, 11) is 4.16. The van der Waals surface area contributed by atoms with Gasteiger partial charge in [-0.25, -0.2) is 0 Å². The third-order valence-corrected chi connectivity index (χ3v) is 4.45. The fourth-order valence-corrected chi connectivity index (χ4v) is 3.14. The lowest BCUT2D eigenvalue weighted by Crippen LogP contribution is -2.24. The quantitative estimate of drug-likeness (QED) is 0.580. The van der Waals surface area contributed by atoms with Gasteiger partial charge in [-0.05, 0) is 54.5 Å². The average Bonchev–Trinajstić information content (AvgIpc) is 2.59. The lowest BCUT2D eigenvalue weighted by molar-refractivity contribution is 0.222. The predicted octanol–water partition coefficient (Wildman–Crippen LogP) is 5.41. The Morgan fingerprint density at radius 1 is 1.00 bits per heavy atom. The summed E-state index contributed by atoms with van der Waals surface area (Å²) in [5.74, 6) is 2.37. The lowest BCUT2D eigenvalue weighted by atomic mass is 9.98. The first-order valence-corrected chi connectivity index (χ1v) is 9.22. The van der Waals surface area contributed by atoms with Crippen molar-refractivity contribution in [1.82, 2.24) is 4.90 Å². The number of nitrogens with zero attached hydrogens (tertiary/aromatic N) is 1. The highest BCUT2D eigenvalue weighted by Crippen LogP contribution is 2.28. The molecule has 0 aliphatic carbocycles. The third kappa shape index (κ3) is 5.41. The molecule has 1 atom stereocenters. The molecule has 0 N–H and O–H groups in total. The van der Waals surface area contributed by atoms with E-state index < -0.39 is 0 Å². The van der Waals surface area contributed by atoms with E-state index in [1.165, 1.54) is 0 Å². The standard InChI is InChI=1S/C20H25Cl2NO/c1-15(13-23(2)3)14-24-19-8-6-17(7-9-19)20-10-16(11-21)4-5-18(20)12-22/h4-10,15H,11-14H2,1-3H3. The summed E-state index contributed by atoms with van der Waals surface area (Å²) in [5, 5.41) is 0. The van der Waals surface area contributed by atoms with Gasteiger partial charge in [-0.2, -0.15) is 0 Å². The molecule has 2 nitrogen and oxygen atoms in total. The first kappa shape index (κ1) is 19.1. The van der Waals surface area contributed by atoms with E-state index in [1.807, 2.05) is 24.3 Å². The van der Waals surface area contributed by atoms with Crippen LogP contribution < -0.4 is 4.74 Å². The zero-order valence-corrected chi connectivity index (χ0v) is 16.1. The van der Waals surface area contributed by atoms with Crippen molar-refractivity contribution in [2.75, 3.05) is 27.2 Å². The van der Waals surface area contributed by atoms with Gasteiger partial charge in [-0.3, -0.25) is 0 Å². The second-order valence-electron chi connectivity index (χ2n) is 6.46. The third-order valence-electron chi connectivity index (χ3n) is 3.85. The van der Waals surface area contributed by atoms with Crippen molar-refractivity contribution < 1.29 is 4.74 Å². The summed E-state index contributed by atoms with van der Waals surface area (Å²) in [5.41, 5.74) is 4.47. The van der Waals surface area contributed by atoms with Gasteiger partial charge >= 0.3 is 0 Å². The molecule has 0 bridgehead atoms. The highest BCUT2D eigenvalue weighted by molar-refractivity contribution is 6.18. The molecule has 0 spiro atoms. The molecule has 0 aromatic heterocycles. The normalized spacial score (nSPS) is 12.4. The largest absolute Gasteiger partial charge is 0.493 e. The Morgan fingerprint density at radius 3 is 2.29 bits per heavy atom. The summed E-state index contributed by atoms with van der Waals surface area (Å²) >= 11 is 12.0. The molecule has 2 aromatic carbocycles. The molecule has 1 unspecified atom stereocenters. The van der Waals surface area contributed by atoms with Crippen LogP contribution in [0.1, 0.15) is 18.1 Å². The van der Waals surface area contributed by atoms with Crippen LogP contribution in [0.15, 0.2) is 42.5 Å². The molecule has 130 valence electrons. The van der Waals surface area contributed by atoms with Crippen LogP contribution in [0.25, 0.3) is 11.1 Å². The van der Waals surface area contributed by atoms with Crippen molar-refractivity contribution in [2.24, 2.45) is 5.92 Å². The van der Waals surface area contributed by atoms with E-state index in [1.54, 1.807) is 0 Å². The van der Waals surface area contributed by atoms with Gasteiger partial charge in [0.1, 0.15) is 5.75 Å². The molecule has 24 heavy (non-hydrogen) atoms. The van der Waals surface area contributed by atoms with Gasteiger partial charge in [0, 0.05) is 24.2 Å². The number of benzene rings is 2. The van der Waals surface area contributed by atoms with Crippen LogP contribution in [0.3, 0.4) is 0 Å². The fraction of sp³-hybridized carbons (Fsp3) is 0.400. The summed E-state index contributed by atoms with van der Waals surface area (Å²) in [6, 6.07) is 14.4. The van der Waals surface area contributed by atoms with Crippen LogP contribution in [-0.2, 0) is 11.8 Å².